The predicted octanol–water partition coefficient (Wildman–Crippen LogP) is 4.38. The van der Waals surface area contributed by atoms with Gasteiger partial charge in [-0.3, -0.25) is 4.79 Å². The van der Waals surface area contributed by atoms with Crippen LogP contribution in [0.4, 0.5) is 11.6 Å². The smallest absolute Gasteiger partial charge is 0.270 e. The van der Waals surface area contributed by atoms with E-state index in [-0.39, 0.29) is 5.91 Å². The van der Waals surface area contributed by atoms with Gasteiger partial charge in [0.2, 0.25) is 5.95 Å². The van der Waals surface area contributed by atoms with Gasteiger partial charge in [-0.15, -0.1) is 0 Å². The van der Waals surface area contributed by atoms with E-state index >= 15 is 0 Å². The van der Waals surface area contributed by atoms with Crippen molar-refractivity contribution in [2.75, 3.05) is 5.32 Å². The Hall–Kier alpha value is -3.21. The molecule has 5 nitrogen and oxygen atoms in total. The molecule has 27 heavy (non-hydrogen) atoms. The summed E-state index contributed by atoms with van der Waals surface area (Å²) in [4.78, 5) is 21.4. The Morgan fingerprint density at radius 3 is 2.33 bits per heavy atom. The molecular weight excluding hydrogens is 336 g/mol. The average Bonchev–Trinajstić information content (AvgIpc) is 2.62. The number of aryl methyl sites for hydroxylation is 4. The molecule has 0 spiro atoms. The van der Waals surface area contributed by atoms with Crippen LogP contribution in [0.3, 0.4) is 0 Å². The van der Waals surface area contributed by atoms with Crippen LogP contribution in [0.25, 0.3) is 0 Å². The number of hydrogen-bond acceptors (Lipinski definition) is 4. The molecule has 138 valence electrons. The highest BCUT2D eigenvalue weighted by molar-refractivity contribution is 5.92. The Balaban J connectivity index is 1.77. The van der Waals surface area contributed by atoms with Crippen molar-refractivity contribution >= 4 is 17.5 Å². The SMILES string of the molecule is Cc1cccc(CNC(=O)c2cc(C)nc(Nc3c(C)cccc3C)n2)c1. The molecule has 3 aromatic rings. The summed E-state index contributed by atoms with van der Waals surface area (Å²) in [6.07, 6.45) is 0. The molecule has 0 aliphatic rings. The van der Waals surface area contributed by atoms with Crippen LogP contribution >= 0.6 is 0 Å². The first kappa shape index (κ1) is 18.6. The number of carbonyl (C=O) groups is 1. The number of nitrogens with zero attached hydrogens (tertiary/aromatic N) is 2. The van der Waals surface area contributed by atoms with E-state index in [1.807, 2.05) is 64.1 Å². The van der Waals surface area contributed by atoms with Crippen LogP contribution in [0.15, 0.2) is 48.5 Å². The summed E-state index contributed by atoms with van der Waals surface area (Å²) in [6, 6.07) is 15.8. The number of nitrogens with one attached hydrogen (secondary N) is 2. The van der Waals surface area contributed by atoms with Gasteiger partial charge >= 0.3 is 0 Å². The van der Waals surface area contributed by atoms with Gasteiger partial charge < -0.3 is 10.6 Å². The first-order chi connectivity index (χ1) is 12.9. The number of carbonyl (C=O) groups excluding carboxylic acids is 1. The predicted molar refractivity (Wildman–Crippen MR) is 108 cm³/mol. The number of anilines is 2. The van der Waals surface area contributed by atoms with Crippen LogP contribution < -0.4 is 10.6 Å². The van der Waals surface area contributed by atoms with Crippen LogP contribution in [0.1, 0.15) is 38.4 Å². The van der Waals surface area contributed by atoms with E-state index < -0.39 is 0 Å². The van der Waals surface area contributed by atoms with Crippen molar-refractivity contribution in [3.63, 3.8) is 0 Å². The van der Waals surface area contributed by atoms with E-state index in [9.17, 15) is 4.79 Å². The largest absolute Gasteiger partial charge is 0.347 e. The van der Waals surface area contributed by atoms with Crippen molar-refractivity contribution in [2.24, 2.45) is 0 Å². The summed E-state index contributed by atoms with van der Waals surface area (Å²) in [7, 11) is 0. The molecule has 5 heteroatoms. The molecule has 1 amide bonds. The molecule has 0 aliphatic carbocycles. The van der Waals surface area contributed by atoms with Crippen molar-refractivity contribution in [1.29, 1.82) is 0 Å². The van der Waals surface area contributed by atoms with Crippen LogP contribution in [0.2, 0.25) is 0 Å². The molecule has 0 bridgehead atoms. The highest BCUT2D eigenvalue weighted by Crippen LogP contribution is 2.22. The Labute approximate surface area is 159 Å². The maximum atomic E-state index is 12.6. The van der Waals surface area contributed by atoms with E-state index in [0.29, 0.717) is 18.2 Å². The van der Waals surface area contributed by atoms with Gasteiger partial charge in [-0.05, 0) is 50.5 Å². The summed E-state index contributed by atoms with van der Waals surface area (Å²) in [5.74, 6) is 0.208. The molecule has 1 aromatic heterocycles. The zero-order valence-corrected chi connectivity index (χ0v) is 16.1. The van der Waals surface area contributed by atoms with E-state index in [2.05, 4.69) is 26.7 Å². The lowest BCUT2D eigenvalue weighted by molar-refractivity contribution is 0.0945. The second-order valence-electron chi connectivity index (χ2n) is 6.78. The number of hydrogen-bond donors (Lipinski definition) is 2. The summed E-state index contributed by atoms with van der Waals surface area (Å²) in [6.45, 7) is 8.41. The lowest BCUT2D eigenvalue weighted by Crippen LogP contribution is -2.24. The topological polar surface area (TPSA) is 66.9 Å². The van der Waals surface area contributed by atoms with E-state index in [0.717, 1.165) is 28.1 Å². The van der Waals surface area contributed by atoms with Gasteiger partial charge in [0.15, 0.2) is 0 Å². The third-order valence-electron chi connectivity index (χ3n) is 4.34. The molecule has 1 heterocycles. The van der Waals surface area contributed by atoms with Gasteiger partial charge in [0.25, 0.3) is 5.91 Å². The van der Waals surface area contributed by atoms with E-state index in [1.165, 1.54) is 5.56 Å². The molecule has 3 rings (SSSR count). The molecule has 0 unspecified atom stereocenters. The third-order valence-corrected chi connectivity index (χ3v) is 4.34. The minimum atomic E-state index is -0.216. The van der Waals surface area contributed by atoms with Crippen LogP contribution in [-0.4, -0.2) is 15.9 Å². The molecule has 0 radical (unpaired) electrons. The number of para-hydroxylation sites is 1. The molecule has 0 aliphatic heterocycles. The maximum Gasteiger partial charge on any atom is 0.270 e. The van der Waals surface area contributed by atoms with Crippen molar-refractivity contribution in [3.05, 3.63) is 82.2 Å². The second-order valence-corrected chi connectivity index (χ2v) is 6.78. The van der Waals surface area contributed by atoms with Crippen molar-refractivity contribution in [1.82, 2.24) is 15.3 Å². The van der Waals surface area contributed by atoms with Gasteiger partial charge in [-0.1, -0.05) is 48.0 Å². The number of aromatic nitrogens is 2. The average molecular weight is 360 g/mol. The van der Waals surface area contributed by atoms with Gasteiger partial charge in [0.1, 0.15) is 5.69 Å². The maximum absolute atomic E-state index is 12.6. The first-order valence-corrected chi connectivity index (χ1v) is 8.95. The Morgan fingerprint density at radius 1 is 0.926 bits per heavy atom. The zero-order valence-electron chi connectivity index (χ0n) is 16.1. The Morgan fingerprint density at radius 2 is 1.63 bits per heavy atom. The molecular formula is C22H24N4O. The second kappa shape index (κ2) is 7.99. The lowest BCUT2D eigenvalue weighted by atomic mass is 10.1. The Bertz CT molecular complexity index is 962. The zero-order chi connectivity index (χ0) is 19.4. The van der Waals surface area contributed by atoms with Crippen LogP contribution in [0.5, 0.6) is 0 Å². The van der Waals surface area contributed by atoms with E-state index in [4.69, 9.17) is 0 Å². The van der Waals surface area contributed by atoms with Crippen molar-refractivity contribution in [3.8, 4) is 0 Å². The fourth-order valence-electron chi connectivity index (χ4n) is 2.96. The summed E-state index contributed by atoms with van der Waals surface area (Å²) >= 11 is 0. The van der Waals surface area contributed by atoms with Crippen LogP contribution in [-0.2, 0) is 6.54 Å². The highest BCUT2D eigenvalue weighted by atomic mass is 16.1. The number of rotatable bonds is 5. The van der Waals surface area contributed by atoms with Gasteiger partial charge in [0.05, 0.1) is 0 Å². The molecule has 0 saturated heterocycles. The summed E-state index contributed by atoms with van der Waals surface area (Å²) in [5, 5.41) is 6.18. The quantitative estimate of drug-likeness (QED) is 0.708. The molecule has 2 aromatic carbocycles. The Kier molecular flexibility index (Phi) is 5.50. The van der Waals surface area contributed by atoms with Gasteiger partial charge in [-0.2, -0.15) is 0 Å². The summed E-state index contributed by atoms with van der Waals surface area (Å²) < 4.78 is 0. The van der Waals surface area contributed by atoms with E-state index in [1.54, 1.807) is 6.07 Å². The van der Waals surface area contributed by atoms with Crippen molar-refractivity contribution in [2.45, 2.75) is 34.2 Å². The highest BCUT2D eigenvalue weighted by Gasteiger charge is 2.12. The minimum Gasteiger partial charge on any atom is -0.347 e. The standard InChI is InChI=1S/C22H24N4O/c1-14-7-5-10-18(11-14)13-23-21(27)19-12-17(4)24-22(25-19)26-20-15(2)8-6-9-16(20)3/h5-12H,13H2,1-4H3,(H,23,27)(H,24,25,26). The minimum absolute atomic E-state index is 0.216. The molecule has 0 atom stereocenters. The number of amides is 1. The fourth-order valence-corrected chi connectivity index (χ4v) is 2.96. The fraction of sp³-hybridized carbons (Fsp3) is 0.227. The normalized spacial score (nSPS) is 10.5. The molecule has 0 saturated carbocycles. The molecule has 2 N–H and O–H groups in total. The monoisotopic (exact) mass is 360 g/mol. The molecule has 0 fully saturated rings. The first-order valence-electron chi connectivity index (χ1n) is 8.95. The third kappa shape index (κ3) is 4.70. The van der Waals surface area contributed by atoms with Crippen LogP contribution in [0, 0.1) is 27.7 Å². The van der Waals surface area contributed by atoms with Gasteiger partial charge in [-0.25, -0.2) is 9.97 Å². The lowest BCUT2D eigenvalue weighted by Gasteiger charge is -2.13. The van der Waals surface area contributed by atoms with Crippen molar-refractivity contribution < 1.29 is 4.79 Å². The number of benzene rings is 2. The summed E-state index contributed by atoms with van der Waals surface area (Å²) in [5.41, 5.74) is 6.48. The van der Waals surface area contributed by atoms with Gasteiger partial charge in [0, 0.05) is 17.9 Å².